The van der Waals surface area contributed by atoms with Gasteiger partial charge in [0.1, 0.15) is 5.82 Å². The van der Waals surface area contributed by atoms with E-state index in [0.717, 1.165) is 51.1 Å². The molecule has 0 N–H and O–H groups in total. The average molecular weight is 355 g/mol. The molecule has 0 aliphatic carbocycles. The van der Waals surface area contributed by atoms with E-state index in [2.05, 4.69) is 39.7 Å². The zero-order valence-corrected chi connectivity index (χ0v) is 16.1. The van der Waals surface area contributed by atoms with Gasteiger partial charge >= 0.3 is 0 Å². The Kier molecular flexibility index (Phi) is 6.04. The third kappa shape index (κ3) is 4.49. The van der Waals surface area contributed by atoms with Gasteiger partial charge in [0.2, 0.25) is 0 Å². The first-order valence-corrected chi connectivity index (χ1v) is 9.42. The Hall–Kier alpha value is -2.21. The SMILES string of the molecule is Cc1ccc(C(=O)N2CCC(c3nccn3CCCN(C)C)CC2)cn1. The highest BCUT2D eigenvalue weighted by molar-refractivity contribution is 5.94. The number of hydrogen-bond acceptors (Lipinski definition) is 4. The van der Waals surface area contributed by atoms with Crippen LogP contribution in [0, 0.1) is 6.92 Å². The van der Waals surface area contributed by atoms with Crippen LogP contribution in [0.3, 0.4) is 0 Å². The standard InChI is InChI=1S/C20H29N5O/c1-16-5-6-18(15-22-16)20(26)25-12-7-17(8-13-25)19-21-9-14-24(19)11-4-10-23(2)3/h5-6,9,14-15,17H,4,7-8,10-13H2,1-3H3. The molecule has 6 nitrogen and oxygen atoms in total. The van der Waals surface area contributed by atoms with Gasteiger partial charge in [-0.15, -0.1) is 0 Å². The van der Waals surface area contributed by atoms with Gasteiger partial charge in [0.25, 0.3) is 5.91 Å². The predicted molar refractivity (Wildman–Crippen MR) is 102 cm³/mol. The van der Waals surface area contributed by atoms with E-state index in [0.29, 0.717) is 11.5 Å². The van der Waals surface area contributed by atoms with Crippen molar-refractivity contribution in [1.82, 2.24) is 24.3 Å². The average Bonchev–Trinajstić information content (AvgIpc) is 3.10. The molecular formula is C20H29N5O. The fourth-order valence-corrected chi connectivity index (χ4v) is 3.54. The van der Waals surface area contributed by atoms with Crippen molar-refractivity contribution in [3.63, 3.8) is 0 Å². The Morgan fingerprint density at radius 1 is 1.23 bits per heavy atom. The van der Waals surface area contributed by atoms with Crippen molar-refractivity contribution < 1.29 is 4.79 Å². The lowest BCUT2D eigenvalue weighted by atomic mass is 9.95. The van der Waals surface area contributed by atoms with Gasteiger partial charge in [-0.05, 0) is 59.0 Å². The molecule has 0 radical (unpaired) electrons. The van der Waals surface area contributed by atoms with Gasteiger partial charge < -0.3 is 14.4 Å². The molecule has 0 aromatic carbocycles. The molecule has 2 aromatic heterocycles. The van der Waals surface area contributed by atoms with E-state index in [1.807, 2.05) is 30.2 Å². The predicted octanol–water partition coefficient (Wildman–Crippen LogP) is 2.56. The zero-order valence-electron chi connectivity index (χ0n) is 16.1. The van der Waals surface area contributed by atoms with Crippen LogP contribution in [0.5, 0.6) is 0 Å². The minimum atomic E-state index is 0.0882. The maximum atomic E-state index is 12.6. The Balaban J connectivity index is 1.56. The number of carbonyl (C=O) groups is 1. The van der Waals surface area contributed by atoms with E-state index in [1.165, 1.54) is 5.82 Å². The first kappa shape index (κ1) is 18.6. The maximum absolute atomic E-state index is 12.6. The van der Waals surface area contributed by atoms with Crippen LogP contribution in [0.2, 0.25) is 0 Å². The van der Waals surface area contributed by atoms with Crippen LogP contribution < -0.4 is 0 Å². The Labute approximate surface area is 155 Å². The molecule has 140 valence electrons. The molecule has 3 heterocycles. The summed E-state index contributed by atoms with van der Waals surface area (Å²) in [6.45, 7) is 5.57. The molecular weight excluding hydrogens is 326 g/mol. The summed E-state index contributed by atoms with van der Waals surface area (Å²) in [4.78, 5) is 25.6. The van der Waals surface area contributed by atoms with Crippen LogP contribution in [-0.2, 0) is 6.54 Å². The minimum absolute atomic E-state index is 0.0882. The second-order valence-electron chi connectivity index (χ2n) is 7.39. The molecule has 0 atom stereocenters. The lowest BCUT2D eigenvalue weighted by molar-refractivity contribution is 0.0710. The number of amides is 1. The Morgan fingerprint density at radius 3 is 2.65 bits per heavy atom. The lowest BCUT2D eigenvalue weighted by Gasteiger charge is -2.32. The van der Waals surface area contributed by atoms with Crippen molar-refractivity contribution in [3.8, 4) is 0 Å². The van der Waals surface area contributed by atoms with E-state index >= 15 is 0 Å². The van der Waals surface area contributed by atoms with Crippen LogP contribution in [0.25, 0.3) is 0 Å². The molecule has 0 bridgehead atoms. The van der Waals surface area contributed by atoms with Crippen molar-refractivity contribution in [2.24, 2.45) is 0 Å². The van der Waals surface area contributed by atoms with Crippen molar-refractivity contribution >= 4 is 5.91 Å². The molecule has 0 unspecified atom stereocenters. The third-order valence-electron chi connectivity index (χ3n) is 5.06. The topological polar surface area (TPSA) is 54.3 Å². The number of likely N-dealkylation sites (tertiary alicyclic amines) is 1. The zero-order chi connectivity index (χ0) is 18.5. The number of imidazole rings is 1. The number of rotatable bonds is 6. The van der Waals surface area contributed by atoms with Crippen molar-refractivity contribution in [2.75, 3.05) is 33.7 Å². The molecule has 1 aliphatic rings. The van der Waals surface area contributed by atoms with Crippen LogP contribution >= 0.6 is 0 Å². The molecule has 1 aliphatic heterocycles. The number of pyridine rings is 1. The highest BCUT2D eigenvalue weighted by Gasteiger charge is 2.27. The highest BCUT2D eigenvalue weighted by Crippen LogP contribution is 2.27. The number of aryl methyl sites for hydroxylation is 2. The molecule has 26 heavy (non-hydrogen) atoms. The molecule has 0 spiro atoms. The van der Waals surface area contributed by atoms with Gasteiger partial charge in [-0.3, -0.25) is 9.78 Å². The van der Waals surface area contributed by atoms with E-state index in [4.69, 9.17) is 0 Å². The fourth-order valence-electron chi connectivity index (χ4n) is 3.54. The van der Waals surface area contributed by atoms with E-state index in [-0.39, 0.29) is 5.91 Å². The molecule has 0 saturated carbocycles. The summed E-state index contributed by atoms with van der Waals surface area (Å²) in [6, 6.07) is 3.76. The van der Waals surface area contributed by atoms with E-state index in [1.54, 1.807) is 6.20 Å². The van der Waals surface area contributed by atoms with Gasteiger partial charge in [0.05, 0.1) is 5.56 Å². The fraction of sp³-hybridized carbons (Fsp3) is 0.550. The van der Waals surface area contributed by atoms with Crippen LogP contribution in [0.1, 0.15) is 47.1 Å². The summed E-state index contributed by atoms with van der Waals surface area (Å²) in [5.41, 5.74) is 1.61. The number of carbonyl (C=O) groups excluding carboxylic acids is 1. The minimum Gasteiger partial charge on any atom is -0.339 e. The molecule has 1 amide bonds. The summed E-state index contributed by atoms with van der Waals surface area (Å²) in [5.74, 6) is 1.70. The summed E-state index contributed by atoms with van der Waals surface area (Å²) < 4.78 is 2.29. The van der Waals surface area contributed by atoms with Gasteiger partial charge in [-0.25, -0.2) is 4.98 Å². The first-order chi connectivity index (χ1) is 12.5. The molecule has 2 aromatic rings. The monoisotopic (exact) mass is 355 g/mol. The summed E-state index contributed by atoms with van der Waals surface area (Å²) in [5, 5.41) is 0. The van der Waals surface area contributed by atoms with Gasteiger partial charge in [0, 0.05) is 49.8 Å². The van der Waals surface area contributed by atoms with Gasteiger partial charge in [-0.1, -0.05) is 0 Å². The largest absolute Gasteiger partial charge is 0.339 e. The molecule has 6 heteroatoms. The van der Waals surface area contributed by atoms with Crippen molar-refractivity contribution in [3.05, 3.63) is 47.8 Å². The van der Waals surface area contributed by atoms with Gasteiger partial charge in [0.15, 0.2) is 0 Å². The van der Waals surface area contributed by atoms with Gasteiger partial charge in [-0.2, -0.15) is 0 Å². The second-order valence-corrected chi connectivity index (χ2v) is 7.39. The normalized spacial score (nSPS) is 15.6. The summed E-state index contributed by atoms with van der Waals surface area (Å²) in [7, 11) is 4.20. The highest BCUT2D eigenvalue weighted by atomic mass is 16.2. The molecule has 3 rings (SSSR count). The summed E-state index contributed by atoms with van der Waals surface area (Å²) in [6.07, 6.45) is 8.72. The van der Waals surface area contributed by atoms with Crippen LogP contribution in [-0.4, -0.2) is 64.0 Å². The summed E-state index contributed by atoms with van der Waals surface area (Å²) >= 11 is 0. The smallest absolute Gasteiger partial charge is 0.255 e. The second kappa shape index (κ2) is 8.45. The third-order valence-corrected chi connectivity index (χ3v) is 5.06. The number of hydrogen-bond donors (Lipinski definition) is 0. The number of aromatic nitrogens is 3. The van der Waals surface area contributed by atoms with E-state index < -0.39 is 0 Å². The Morgan fingerprint density at radius 2 is 2.00 bits per heavy atom. The van der Waals surface area contributed by atoms with Crippen molar-refractivity contribution in [1.29, 1.82) is 0 Å². The van der Waals surface area contributed by atoms with Crippen molar-refractivity contribution in [2.45, 2.75) is 38.6 Å². The first-order valence-electron chi connectivity index (χ1n) is 9.42. The molecule has 1 fully saturated rings. The maximum Gasteiger partial charge on any atom is 0.255 e. The van der Waals surface area contributed by atoms with E-state index in [9.17, 15) is 4.79 Å². The quantitative estimate of drug-likeness (QED) is 0.799. The number of piperidine rings is 1. The lowest BCUT2D eigenvalue weighted by Crippen LogP contribution is -2.38. The molecule has 1 saturated heterocycles. The number of nitrogens with zero attached hydrogens (tertiary/aromatic N) is 5. The van der Waals surface area contributed by atoms with Crippen LogP contribution in [0.4, 0.5) is 0 Å². The van der Waals surface area contributed by atoms with Crippen LogP contribution in [0.15, 0.2) is 30.7 Å². The Bertz CT molecular complexity index is 714.